The van der Waals surface area contributed by atoms with Crippen molar-refractivity contribution in [3.05, 3.63) is 47.0 Å². The molecule has 3 heterocycles. The molecular formula is C17H21N5OS. The number of fused-ring (bicyclic) bond motifs is 1. The fourth-order valence-electron chi connectivity index (χ4n) is 2.58. The third-order valence-electron chi connectivity index (χ3n) is 3.91. The number of amides is 1. The van der Waals surface area contributed by atoms with Gasteiger partial charge in [0.1, 0.15) is 11.5 Å². The lowest BCUT2D eigenvalue weighted by Gasteiger charge is -2.06. The molecule has 0 aliphatic carbocycles. The number of carbonyl (C=O) groups excluding carboxylic acids is 1. The molecule has 3 aromatic heterocycles. The highest BCUT2D eigenvalue weighted by Gasteiger charge is 2.12. The number of rotatable bonds is 5. The van der Waals surface area contributed by atoms with Gasteiger partial charge in [0.05, 0.1) is 17.1 Å². The highest BCUT2D eigenvalue weighted by Crippen LogP contribution is 2.18. The van der Waals surface area contributed by atoms with Gasteiger partial charge in [0.2, 0.25) is 5.91 Å². The molecule has 0 saturated heterocycles. The van der Waals surface area contributed by atoms with Crippen LogP contribution in [0, 0.1) is 20.8 Å². The lowest BCUT2D eigenvalue weighted by atomic mass is 10.3. The van der Waals surface area contributed by atoms with Crippen LogP contribution in [0.15, 0.2) is 24.5 Å². The average Bonchev–Trinajstić information content (AvgIpc) is 3.02. The number of pyridine rings is 1. The molecule has 1 N–H and O–H groups in total. The lowest BCUT2D eigenvalue weighted by molar-refractivity contribution is -0.113. The van der Waals surface area contributed by atoms with E-state index in [0.717, 1.165) is 28.4 Å². The van der Waals surface area contributed by atoms with Crippen molar-refractivity contribution in [2.24, 2.45) is 7.05 Å². The Morgan fingerprint density at radius 1 is 1.25 bits per heavy atom. The van der Waals surface area contributed by atoms with E-state index in [1.165, 1.54) is 5.56 Å². The van der Waals surface area contributed by atoms with Crippen LogP contribution >= 0.6 is 11.8 Å². The number of nitrogens with zero attached hydrogens (tertiary/aromatic N) is 4. The Balaban J connectivity index is 1.56. The molecule has 0 atom stereocenters. The smallest absolute Gasteiger partial charge is 0.235 e. The summed E-state index contributed by atoms with van der Waals surface area (Å²) >= 11 is 1.55. The summed E-state index contributed by atoms with van der Waals surface area (Å²) in [6, 6.07) is 4.05. The molecule has 3 rings (SSSR count). The Bertz CT molecular complexity index is 896. The van der Waals surface area contributed by atoms with E-state index in [1.807, 2.05) is 43.6 Å². The van der Waals surface area contributed by atoms with Crippen LogP contribution in [0.3, 0.4) is 0 Å². The van der Waals surface area contributed by atoms with Crippen LogP contribution in [-0.4, -0.2) is 30.8 Å². The molecule has 1 amide bonds. The number of aryl methyl sites for hydroxylation is 3. The largest absolute Gasteiger partial charge is 0.310 e. The molecule has 7 heteroatoms. The van der Waals surface area contributed by atoms with Crippen molar-refractivity contribution in [1.29, 1.82) is 0 Å². The van der Waals surface area contributed by atoms with Crippen molar-refractivity contribution < 1.29 is 4.79 Å². The van der Waals surface area contributed by atoms with Gasteiger partial charge in [-0.3, -0.25) is 9.48 Å². The van der Waals surface area contributed by atoms with E-state index in [9.17, 15) is 4.79 Å². The Labute approximate surface area is 145 Å². The van der Waals surface area contributed by atoms with Gasteiger partial charge in [-0.25, -0.2) is 4.98 Å². The maximum atomic E-state index is 12.1. The molecule has 0 fully saturated rings. The van der Waals surface area contributed by atoms with Crippen molar-refractivity contribution in [3.8, 4) is 0 Å². The Morgan fingerprint density at radius 2 is 2.04 bits per heavy atom. The molecule has 0 unspecified atom stereocenters. The molecule has 0 saturated carbocycles. The predicted octanol–water partition coefficient (Wildman–Crippen LogP) is 2.86. The van der Waals surface area contributed by atoms with Gasteiger partial charge in [0.25, 0.3) is 0 Å². The third kappa shape index (κ3) is 3.46. The van der Waals surface area contributed by atoms with E-state index in [2.05, 4.69) is 28.5 Å². The van der Waals surface area contributed by atoms with Crippen molar-refractivity contribution in [2.45, 2.75) is 26.5 Å². The first-order valence-corrected chi connectivity index (χ1v) is 8.91. The van der Waals surface area contributed by atoms with Gasteiger partial charge in [-0.2, -0.15) is 5.10 Å². The minimum absolute atomic E-state index is 0.0225. The normalized spacial score (nSPS) is 11.2. The number of nitrogens with one attached hydrogen (secondary N) is 1. The molecular weight excluding hydrogens is 322 g/mol. The molecule has 0 aromatic carbocycles. The average molecular weight is 343 g/mol. The second-order valence-corrected chi connectivity index (χ2v) is 6.91. The van der Waals surface area contributed by atoms with Crippen molar-refractivity contribution in [3.63, 3.8) is 0 Å². The number of imidazole rings is 1. The summed E-state index contributed by atoms with van der Waals surface area (Å²) in [6.45, 7) is 5.95. The van der Waals surface area contributed by atoms with Gasteiger partial charge in [-0.15, -0.1) is 11.8 Å². The Morgan fingerprint density at radius 3 is 2.75 bits per heavy atom. The van der Waals surface area contributed by atoms with E-state index >= 15 is 0 Å². The van der Waals surface area contributed by atoms with E-state index in [-0.39, 0.29) is 5.91 Å². The zero-order valence-corrected chi connectivity index (χ0v) is 15.1. The summed E-state index contributed by atoms with van der Waals surface area (Å²) < 4.78 is 3.73. The summed E-state index contributed by atoms with van der Waals surface area (Å²) in [5, 5.41) is 7.24. The van der Waals surface area contributed by atoms with Crippen LogP contribution < -0.4 is 5.32 Å². The summed E-state index contributed by atoms with van der Waals surface area (Å²) in [6.07, 6.45) is 4.07. The number of carbonyl (C=O) groups is 1. The first-order chi connectivity index (χ1) is 11.4. The minimum atomic E-state index is -0.0225. The highest BCUT2D eigenvalue weighted by molar-refractivity contribution is 7.99. The van der Waals surface area contributed by atoms with E-state index < -0.39 is 0 Å². The van der Waals surface area contributed by atoms with Crippen LogP contribution in [0.25, 0.3) is 5.65 Å². The summed E-state index contributed by atoms with van der Waals surface area (Å²) in [7, 11) is 1.83. The van der Waals surface area contributed by atoms with Crippen molar-refractivity contribution in [1.82, 2.24) is 19.2 Å². The predicted molar refractivity (Wildman–Crippen MR) is 97.4 cm³/mol. The lowest BCUT2D eigenvalue weighted by Crippen LogP contribution is -2.17. The second kappa shape index (κ2) is 6.68. The molecule has 0 spiro atoms. The quantitative estimate of drug-likeness (QED) is 0.774. The van der Waals surface area contributed by atoms with E-state index in [4.69, 9.17) is 0 Å². The number of hydrogen-bond acceptors (Lipinski definition) is 4. The highest BCUT2D eigenvalue weighted by atomic mass is 32.2. The molecule has 24 heavy (non-hydrogen) atoms. The third-order valence-corrected chi connectivity index (χ3v) is 4.88. The second-order valence-electron chi connectivity index (χ2n) is 5.93. The summed E-state index contributed by atoms with van der Waals surface area (Å²) in [5.41, 5.74) is 5.04. The molecule has 0 aliphatic rings. The number of thioether (sulfide) groups is 1. The van der Waals surface area contributed by atoms with Crippen molar-refractivity contribution in [2.75, 3.05) is 11.1 Å². The molecule has 0 aliphatic heterocycles. The fourth-order valence-corrected chi connectivity index (χ4v) is 3.29. The van der Waals surface area contributed by atoms with Crippen molar-refractivity contribution >= 4 is 29.1 Å². The van der Waals surface area contributed by atoms with Gasteiger partial charge in [0.15, 0.2) is 0 Å². The molecule has 126 valence electrons. The molecule has 0 bridgehead atoms. The van der Waals surface area contributed by atoms with Crippen LogP contribution in [0.4, 0.5) is 5.82 Å². The van der Waals surface area contributed by atoms with Crippen LogP contribution in [0.2, 0.25) is 0 Å². The standard InChI is InChI=1S/C17H21N5OS/c1-11-5-6-15-18-14(8-22(15)7-11)9-24-10-16(23)19-17-12(2)13(3)20-21(17)4/h5-8H,9-10H2,1-4H3,(H,19,23). The van der Waals surface area contributed by atoms with Gasteiger partial charge in [-0.05, 0) is 32.4 Å². The summed E-state index contributed by atoms with van der Waals surface area (Å²) in [4.78, 5) is 16.7. The first-order valence-electron chi connectivity index (χ1n) is 7.76. The topological polar surface area (TPSA) is 64.2 Å². The van der Waals surface area contributed by atoms with Gasteiger partial charge < -0.3 is 9.72 Å². The molecule has 3 aromatic rings. The van der Waals surface area contributed by atoms with Gasteiger partial charge in [0, 0.05) is 30.8 Å². The fraction of sp³-hybridized carbons (Fsp3) is 0.353. The minimum Gasteiger partial charge on any atom is -0.310 e. The summed E-state index contributed by atoms with van der Waals surface area (Å²) in [5.74, 6) is 1.83. The van der Waals surface area contributed by atoms with Crippen LogP contribution in [0.5, 0.6) is 0 Å². The van der Waals surface area contributed by atoms with E-state index in [0.29, 0.717) is 11.5 Å². The van der Waals surface area contributed by atoms with Crippen LogP contribution in [-0.2, 0) is 17.6 Å². The number of aromatic nitrogens is 4. The first kappa shape index (κ1) is 16.6. The zero-order valence-electron chi connectivity index (χ0n) is 14.3. The Hall–Kier alpha value is -2.28. The van der Waals surface area contributed by atoms with Crippen LogP contribution in [0.1, 0.15) is 22.5 Å². The number of anilines is 1. The maximum absolute atomic E-state index is 12.1. The molecule has 0 radical (unpaired) electrons. The molecule has 6 nitrogen and oxygen atoms in total. The zero-order chi connectivity index (χ0) is 17.3. The Kier molecular flexibility index (Phi) is 4.62. The van der Waals surface area contributed by atoms with E-state index in [1.54, 1.807) is 16.4 Å². The van der Waals surface area contributed by atoms with Gasteiger partial charge >= 0.3 is 0 Å². The SMILES string of the molecule is Cc1ccc2nc(CSCC(=O)Nc3c(C)c(C)nn3C)cn2c1. The monoisotopic (exact) mass is 343 g/mol. The number of hydrogen-bond donors (Lipinski definition) is 1. The maximum Gasteiger partial charge on any atom is 0.235 e. The van der Waals surface area contributed by atoms with Gasteiger partial charge in [-0.1, -0.05) is 6.07 Å².